The van der Waals surface area contributed by atoms with Crippen molar-refractivity contribution < 1.29 is 0 Å². The number of hydrogen-bond donors (Lipinski definition) is 0. The molecule has 0 atom stereocenters. The van der Waals surface area contributed by atoms with Crippen LogP contribution in [-0.2, 0) is 27.1 Å². The first-order chi connectivity index (χ1) is 36.3. The average Bonchev–Trinajstić information content (AvgIpc) is 3.58. The van der Waals surface area contributed by atoms with E-state index in [-0.39, 0.29) is 33.8 Å². The maximum absolute atomic E-state index is 2.69. The van der Waals surface area contributed by atoms with Crippen LogP contribution in [0.3, 0.4) is 0 Å². The maximum Gasteiger partial charge on any atom is 0.252 e. The van der Waals surface area contributed by atoms with Crippen molar-refractivity contribution in [3.63, 3.8) is 0 Å². The zero-order valence-electron chi connectivity index (χ0n) is 48.1. The maximum atomic E-state index is 2.69. The van der Waals surface area contributed by atoms with Crippen LogP contribution in [0.25, 0.3) is 65.0 Å². The summed E-state index contributed by atoms with van der Waals surface area (Å²) in [5.74, 6) is 0. The molecule has 0 amide bonds. The van der Waals surface area contributed by atoms with Gasteiger partial charge in [-0.3, -0.25) is 0 Å². The third-order valence-electron chi connectivity index (χ3n) is 17.4. The molecule has 77 heavy (non-hydrogen) atoms. The minimum atomic E-state index is -0.0888. The molecule has 0 bridgehead atoms. The normalized spacial score (nSPS) is 14.1. The smallest absolute Gasteiger partial charge is 0.252 e. The SMILES string of the molecule is CC(C)(C)c1cc(N2c3cc(-c4cc5ccc6ccc(C(C)(C)C)c7ccc(c4)c5c67)cc4c3B(c3ccc5ccccc5c32)c2ccc3ccccc3c2N4c2cc(C(C)(C)C)cc(C(C)(C)C)c2)cc(C(C)(C)C)c1. The summed E-state index contributed by atoms with van der Waals surface area (Å²) < 4.78 is 0. The number of rotatable bonds is 3. The molecule has 0 N–H and O–H groups in total. The van der Waals surface area contributed by atoms with Crippen molar-refractivity contribution in [2.45, 2.75) is 131 Å². The van der Waals surface area contributed by atoms with E-state index in [1.807, 2.05) is 0 Å². The van der Waals surface area contributed by atoms with Crippen LogP contribution in [0.2, 0.25) is 0 Å². The molecule has 0 fully saturated rings. The lowest BCUT2D eigenvalue weighted by atomic mass is 9.33. The number of hydrogen-bond acceptors (Lipinski definition) is 2. The highest BCUT2D eigenvalue weighted by Crippen LogP contribution is 2.52. The quantitative estimate of drug-likeness (QED) is 0.129. The molecule has 0 saturated heterocycles. The molecule has 0 aromatic heterocycles. The van der Waals surface area contributed by atoms with Crippen LogP contribution in [0.15, 0.2) is 170 Å². The Morgan fingerprint density at radius 2 is 0.701 bits per heavy atom. The second kappa shape index (κ2) is 16.6. The summed E-state index contributed by atoms with van der Waals surface area (Å²) in [5, 5.41) is 12.9. The Labute approximate surface area is 458 Å². The van der Waals surface area contributed by atoms with Crippen LogP contribution in [0.4, 0.5) is 34.1 Å². The summed E-state index contributed by atoms with van der Waals surface area (Å²) in [6.45, 7) is 35.3. The molecule has 11 aromatic carbocycles. The van der Waals surface area contributed by atoms with E-state index >= 15 is 0 Å². The summed E-state index contributed by atoms with van der Waals surface area (Å²) in [6, 6.07) is 67.1. The fourth-order valence-electron chi connectivity index (χ4n) is 13.1. The molecular weight excluding hydrogens is 928 g/mol. The molecule has 0 unspecified atom stereocenters. The van der Waals surface area contributed by atoms with Gasteiger partial charge in [0.2, 0.25) is 0 Å². The Kier molecular flexibility index (Phi) is 10.6. The van der Waals surface area contributed by atoms with Crippen molar-refractivity contribution in [1.82, 2.24) is 0 Å². The summed E-state index contributed by atoms with van der Waals surface area (Å²) in [5.41, 5.74) is 20.2. The van der Waals surface area contributed by atoms with Crippen LogP contribution >= 0.6 is 0 Å². The molecule has 0 radical (unpaired) electrons. The fourth-order valence-corrected chi connectivity index (χ4v) is 13.1. The van der Waals surface area contributed by atoms with E-state index in [0.717, 1.165) is 0 Å². The number of nitrogens with zero attached hydrogens (tertiary/aromatic N) is 2. The van der Waals surface area contributed by atoms with Crippen molar-refractivity contribution in [3.8, 4) is 11.1 Å². The third kappa shape index (κ3) is 7.80. The molecule has 2 aliphatic heterocycles. The van der Waals surface area contributed by atoms with Gasteiger partial charge in [0.05, 0.1) is 0 Å². The number of benzene rings is 11. The lowest BCUT2D eigenvalue weighted by molar-refractivity contribution is 0.568. The average molecular weight is 1000 g/mol. The van der Waals surface area contributed by atoms with Gasteiger partial charge in [-0.05, 0) is 174 Å². The van der Waals surface area contributed by atoms with Crippen molar-refractivity contribution in [1.29, 1.82) is 0 Å². The van der Waals surface area contributed by atoms with E-state index < -0.39 is 0 Å². The lowest BCUT2D eigenvalue weighted by Gasteiger charge is -2.46. The van der Waals surface area contributed by atoms with Gasteiger partial charge in [-0.25, -0.2) is 0 Å². The molecule has 11 aromatic rings. The van der Waals surface area contributed by atoms with Crippen LogP contribution in [0.1, 0.15) is 132 Å². The molecule has 3 heteroatoms. The first kappa shape index (κ1) is 49.2. The van der Waals surface area contributed by atoms with E-state index in [4.69, 9.17) is 0 Å². The van der Waals surface area contributed by atoms with Crippen LogP contribution in [-0.4, -0.2) is 6.71 Å². The van der Waals surface area contributed by atoms with Gasteiger partial charge >= 0.3 is 0 Å². The lowest BCUT2D eigenvalue weighted by Crippen LogP contribution is -2.61. The van der Waals surface area contributed by atoms with Crippen LogP contribution in [0.5, 0.6) is 0 Å². The molecule has 2 nitrogen and oxygen atoms in total. The van der Waals surface area contributed by atoms with Crippen LogP contribution in [0, 0.1) is 0 Å². The predicted octanol–water partition coefficient (Wildman–Crippen LogP) is 19.1. The van der Waals surface area contributed by atoms with Crippen molar-refractivity contribution in [2.24, 2.45) is 0 Å². The van der Waals surface area contributed by atoms with Gasteiger partial charge in [-0.15, -0.1) is 0 Å². The highest BCUT2D eigenvalue weighted by molar-refractivity contribution is 7.00. The Bertz CT molecular complexity index is 3980. The number of anilines is 6. The summed E-state index contributed by atoms with van der Waals surface area (Å²) >= 11 is 0. The van der Waals surface area contributed by atoms with Gasteiger partial charge in [-0.1, -0.05) is 225 Å². The third-order valence-corrected chi connectivity index (χ3v) is 17.4. The Morgan fingerprint density at radius 3 is 1.14 bits per heavy atom. The van der Waals surface area contributed by atoms with Crippen molar-refractivity contribution in [2.75, 3.05) is 9.80 Å². The zero-order chi connectivity index (χ0) is 54.0. The summed E-state index contributed by atoms with van der Waals surface area (Å²) in [7, 11) is 0. The van der Waals surface area contributed by atoms with Crippen molar-refractivity contribution in [3.05, 3.63) is 198 Å². The largest absolute Gasteiger partial charge is 0.311 e. The summed E-state index contributed by atoms with van der Waals surface area (Å²) in [6.07, 6.45) is 0. The summed E-state index contributed by atoms with van der Waals surface area (Å²) in [4.78, 5) is 5.38. The number of fused-ring (bicyclic) bond motifs is 8. The second-order valence-corrected chi connectivity index (χ2v) is 28.0. The molecule has 0 saturated carbocycles. The van der Waals surface area contributed by atoms with E-state index in [1.165, 1.54) is 143 Å². The van der Waals surface area contributed by atoms with Crippen molar-refractivity contribution >= 4 is 111 Å². The Hall–Kier alpha value is -7.36. The van der Waals surface area contributed by atoms with Gasteiger partial charge in [0, 0.05) is 44.9 Å². The minimum Gasteiger partial charge on any atom is -0.311 e. The Balaban J connectivity index is 1.21. The van der Waals surface area contributed by atoms with E-state index in [2.05, 4.69) is 284 Å². The molecule has 2 aliphatic rings. The van der Waals surface area contributed by atoms with Crippen LogP contribution < -0.4 is 26.2 Å². The van der Waals surface area contributed by atoms with E-state index in [0.29, 0.717) is 0 Å². The van der Waals surface area contributed by atoms with E-state index in [1.54, 1.807) is 0 Å². The van der Waals surface area contributed by atoms with Gasteiger partial charge < -0.3 is 9.80 Å². The topological polar surface area (TPSA) is 6.48 Å². The predicted molar refractivity (Wildman–Crippen MR) is 338 cm³/mol. The molecule has 382 valence electrons. The van der Waals surface area contributed by atoms with E-state index in [9.17, 15) is 0 Å². The fraction of sp³-hybridized carbons (Fsp3) is 0.270. The highest BCUT2D eigenvalue weighted by atomic mass is 15.2. The molecule has 13 rings (SSSR count). The second-order valence-electron chi connectivity index (χ2n) is 28.0. The first-order valence-electron chi connectivity index (χ1n) is 28.2. The standard InChI is InChI=1S/C74H73BN2/c1-70(2,3)51-38-52(71(4,5)6)41-55(40-51)76-63-36-50(49-34-47-25-24-46-27-31-60(74(13,14)15)59-30-26-48(35-49)65(47)66(46)59)37-64-67(63)75(61-32-28-44-20-16-18-22-57(44)68(61)76)62-33-29-45-21-17-19-23-58(45)69(62)77(64)56-42-53(72(7,8)9)39-54(43-56)73(10,11)12/h16-43H,1-15H3. The monoisotopic (exact) mass is 1000 g/mol. The molecule has 0 aliphatic carbocycles. The van der Waals surface area contributed by atoms with Gasteiger partial charge in [0.1, 0.15) is 0 Å². The van der Waals surface area contributed by atoms with Gasteiger partial charge in [0.15, 0.2) is 0 Å². The zero-order valence-corrected chi connectivity index (χ0v) is 48.1. The molecule has 2 heterocycles. The molecular formula is C74H73BN2. The van der Waals surface area contributed by atoms with Gasteiger partial charge in [0.25, 0.3) is 6.71 Å². The molecule has 0 spiro atoms. The first-order valence-corrected chi connectivity index (χ1v) is 28.2. The minimum absolute atomic E-state index is 0.0154. The van der Waals surface area contributed by atoms with Gasteiger partial charge in [-0.2, -0.15) is 0 Å². The highest BCUT2D eigenvalue weighted by Gasteiger charge is 2.45. The Morgan fingerprint density at radius 1 is 0.312 bits per heavy atom.